The number of carbonyl (C=O) groups is 3. The Morgan fingerprint density at radius 3 is 2.62 bits per heavy atom. The van der Waals surface area contributed by atoms with Crippen LogP contribution in [0.2, 0.25) is 0 Å². The second-order valence-electron chi connectivity index (χ2n) is 7.92. The maximum absolute atomic E-state index is 13.0. The molecule has 0 unspecified atom stereocenters. The first kappa shape index (κ1) is 21.0. The first-order chi connectivity index (χ1) is 16.3. The van der Waals surface area contributed by atoms with Gasteiger partial charge >= 0.3 is 11.7 Å². The molecule has 1 saturated heterocycles. The molecule has 2 aliphatic heterocycles. The number of imide groups is 1. The average Bonchev–Trinajstić information content (AvgIpc) is 3.26. The first-order valence-electron chi connectivity index (χ1n) is 10.2. The van der Waals surface area contributed by atoms with Crippen LogP contribution in [0.4, 0.5) is 4.79 Å². The Morgan fingerprint density at radius 2 is 1.88 bits per heavy atom. The zero-order valence-electron chi connectivity index (χ0n) is 17.8. The summed E-state index contributed by atoms with van der Waals surface area (Å²) in [6, 6.07) is 8.96. The number of hydrogen-bond acceptors (Lipinski definition) is 6. The van der Waals surface area contributed by atoms with Crippen LogP contribution in [0.3, 0.4) is 0 Å². The van der Waals surface area contributed by atoms with E-state index in [1.807, 2.05) is 0 Å². The van der Waals surface area contributed by atoms with E-state index >= 15 is 0 Å². The fourth-order valence-corrected chi connectivity index (χ4v) is 4.03. The van der Waals surface area contributed by atoms with Crippen molar-refractivity contribution >= 4 is 28.7 Å². The van der Waals surface area contributed by atoms with Crippen molar-refractivity contribution in [3.63, 3.8) is 0 Å². The highest BCUT2D eigenvalue weighted by Gasteiger charge is 2.48. The van der Waals surface area contributed by atoms with E-state index in [-0.39, 0.29) is 24.4 Å². The molecule has 1 aromatic heterocycles. The van der Waals surface area contributed by atoms with Gasteiger partial charge in [-0.05, 0) is 35.9 Å². The highest BCUT2D eigenvalue weighted by atomic mass is 16.5. The molecular formula is C23H17N5O6. The van der Waals surface area contributed by atoms with Gasteiger partial charge in [0.05, 0.1) is 24.6 Å². The number of carbonyl (C=O) groups excluding carboxylic acids is 3. The van der Waals surface area contributed by atoms with Crippen LogP contribution in [0.15, 0.2) is 46.0 Å². The molecule has 0 spiro atoms. The average molecular weight is 459 g/mol. The van der Waals surface area contributed by atoms with Gasteiger partial charge < -0.3 is 19.9 Å². The highest BCUT2D eigenvalue weighted by Crippen LogP contribution is 2.28. The lowest BCUT2D eigenvalue weighted by Crippen LogP contribution is -2.54. The van der Waals surface area contributed by atoms with Crippen molar-refractivity contribution in [3.05, 3.63) is 73.9 Å². The number of fused-ring (bicyclic) bond motifs is 2. The fraction of sp³-hybridized carbons (Fsp3) is 0.174. The maximum Gasteiger partial charge on any atom is 0.326 e. The van der Waals surface area contributed by atoms with Crippen LogP contribution >= 0.6 is 0 Å². The van der Waals surface area contributed by atoms with Crippen LogP contribution in [0.1, 0.15) is 21.5 Å². The summed E-state index contributed by atoms with van der Waals surface area (Å²) in [5.74, 6) is 5.13. The van der Waals surface area contributed by atoms with Crippen molar-refractivity contribution in [2.45, 2.75) is 12.1 Å². The van der Waals surface area contributed by atoms with E-state index in [0.29, 0.717) is 22.4 Å². The van der Waals surface area contributed by atoms with Gasteiger partial charge in [-0.25, -0.2) is 9.59 Å². The molecular weight excluding hydrogens is 442 g/mol. The van der Waals surface area contributed by atoms with Crippen LogP contribution in [-0.4, -0.2) is 51.9 Å². The molecule has 3 aromatic rings. The summed E-state index contributed by atoms with van der Waals surface area (Å²) in [5.41, 5.74) is -0.979. The lowest BCUT2D eigenvalue weighted by atomic mass is 9.99. The second kappa shape index (κ2) is 7.63. The molecule has 0 aliphatic carbocycles. The van der Waals surface area contributed by atoms with E-state index < -0.39 is 28.7 Å². The van der Waals surface area contributed by atoms with E-state index in [9.17, 15) is 24.0 Å². The van der Waals surface area contributed by atoms with Crippen LogP contribution in [0, 0.1) is 11.8 Å². The van der Waals surface area contributed by atoms with Crippen molar-refractivity contribution < 1.29 is 19.1 Å². The number of hydrogen-bond donors (Lipinski definition) is 4. The van der Waals surface area contributed by atoms with Crippen molar-refractivity contribution in [2.24, 2.45) is 0 Å². The number of amides is 4. The van der Waals surface area contributed by atoms with Gasteiger partial charge in [0, 0.05) is 17.7 Å². The molecule has 0 saturated carbocycles. The van der Waals surface area contributed by atoms with Gasteiger partial charge in [0.1, 0.15) is 5.75 Å². The summed E-state index contributed by atoms with van der Waals surface area (Å²) in [6.45, 7) is 0.0539. The summed E-state index contributed by atoms with van der Waals surface area (Å²) < 4.78 is 5.18. The second-order valence-corrected chi connectivity index (χ2v) is 7.92. The number of urea groups is 1. The van der Waals surface area contributed by atoms with Crippen molar-refractivity contribution in [1.29, 1.82) is 0 Å². The summed E-state index contributed by atoms with van der Waals surface area (Å²) in [5, 5.41) is 4.91. The van der Waals surface area contributed by atoms with E-state index in [1.165, 1.54) is 24.1 Å². The molecule has 11 nitrogen and oxygen atoms in total. The number of H-pyrrole nitrogens is 2. The number of ether oxygens (including phenoxy) is 1. The number of aromatic nitrogens is 2. The smallest absolute Gasteiger partial charge is 0.326 e. The Hall–Kier alpha value is -4.85. The minimum absolute atomic E-state index is 0.186. The molecule has 0 radical (unpaired) electrons. The fourth-order valence-electron chi connectivity index (χ4n) is 4.03. The maximum atomic E-state index is 13.0. The summed E-state index contributed by atoms with van der Waals surface area (Å²) >= 11 is 0. The molecule has 11 heteroatoms. The van der Waals surface area contributed by atoms with Gasteiger partial charge in [-0.2, -0.15) is 0 Å². The molecule has 5 rings (SSSR count). The van der Waals surface area contributed by atoms with Crippen molar-refractivity contribution in [3.8, 4) is 17.6 Å². The van der Waals surface area contributed by atoms with Crippen LogP contribution in [0.25, 0.3) is 10.9 Å². The standard InChI is InChI=1S/C23H17N5O6/c1-34-14-4-3-13-10-28(19(30)15(13)9-14)11-23(20(31)26-22(33)27-23)7-6-12-2-5-17-16(8-12)18(29)25-21(32)24-17/h2-5,8-9H,10-11H2,1H3,(H2,24,25,29,32)(H2,26,27,31,33)/t23-/m1/s1. The Balaban J connectivity index is 1.50. The molecule has 34 heavy (non-hydrogen) atoms. The molecule has 3 heterocycles. The Morgan fingerprint density at radius 1 is 1.06 bits per heavy atom. The van der Waals surface area contributed by atoms with Crippen LogP contribution in [0.5, 0.6) is 5.75 Å². The van der Waals surface area contributed by atoms with Gasteiger partial charge in [0.15, 0.2) is 0 Å². The number of aromatic amines is 2. The lowest BCUT2D eigenvalue weighted by Gasteiger charge is -2.26. The summed E-state index contributed by atoms with van der Waals surface area (Å²) in [7, 11) is 1.50. The molecule has 1 atom stereocenters. The Labute approximate surface area is 191 Å². The van der Waals surface area contributed by atoms with Gasteiger partial charge in [-0.1, -0.05) is 17.9 Å². The molecule has 2 aliphatic rings. The predicted molar refractivity (Wildman–Crippen MR) is 119 cm³/mol. The number of methoxy groups -OCH3 is 1. The highest BCUT2D eigenvalue weighted by molar-refractivity contribution is 6.10. The quantitative estimate of drug-likeness (QED) is 0.315. The Bertz CT molecular complexity index is 1580. The SMILES string of the molecule is COc1ccc2c(c1)C(=O)N(C[C@@]1(C#Cc3ccc4[nH]c(=O)[nH]c(=O)c4c3)NC(=O)NC1=O)C2. The number of rotatable bonds is 3. The van der Waals surface area contributed by atoms with E-state index in [2.05, 4.69) is 32.4 Å². The molecule has 0 bridgehead atoms. The third-order valence-corrected chi connectivity index (χ3v) is 5.73. The van der Waals surface area contributed by atoms with E-state index in [1.54, 1.807) is 24.3 Å². The third kappa shape index (κ3) is 3.47. The zero-order valence-corrected chi connectivity index (χ0v) is 17.8. The van der Waals surface area contributed by atoms with Gasteiger partial charge in [-0.15, -0.1) is 0 Å². The van der Waals surface area contributed by atoms with Gasteiger partial charge in [0.25, 0.3) is 17.4 Å². The molecule has 1 fully saturated rings. The monoisotopic (exact) mass is 459 g/mol. The molecule has 4 N–H and O–H groups in total. The number of nitrogens with one attached hydrogen (secondary N) is 4. The number of benzene rings is 2. The van der Waals surface area contributed by atoms with Crippen LogP contribution < -0.4 is 26.6 Å². The van der Waals surface area contributed by atoms with Crippen molar-refractivity contribution in [2.75, 3.05) is 13.7 Å². The predicted octanol–water partition coefficient (Wildman–Crippen LogP) is -0.189. The zero-order chi connectivity index (χ0) is 24.0. The van der Waals surface area contributed by atoms with Crippen molar-refractivity contribution in [1.82, 2.24) is 25.5 Å². The lowest BCUT2D eigenvalue weighted by molar-refractivity contribution is -0.122. The molecule has 4 amide bonds. The minimum atomic E-state index is -1.69. The van der Waals surface area contributed by atoms with E-state index in [0.717, 1.165) is 5.56 Å². The molecule has 170 valence electrons. The van der Waals surface area contributed by atoms with Crippen LogP contribution in [-0.2, 0) is 11.3 Å². The summed E-state index contributed by atoms with van der Waals surface area (Å²) in [4.78, 5) is 67.3. The van der Waals surface area contributed by atoms with Gasteiger partial charge in [-0.3, -0.25) is 24.7 Å². The Kier molecular flexibility index (Phi) is 4.72. The minimum Gasteiger partial charge on any atom is -0.497 e. The van der Waals surface area contributed by atoms with E-state index in [4.69, 9.17) is 4.74 Å². The summed E-state index contributed by atoms with van der Waals surface area (Å²) in [6.07, 6.45) is 0. The normalized spacial score (nSPS) is 18.9. The third-order valence-electron chi connectivity index (χ3n) is 5.73. The number of nitrogens with zero attached hydrogens (tertiary/aromatic N) is 1. The topological polar surface area (TPSA) is 153 Å². The first-order valence-corrected chi connectivity index (χ1v) is 10.2. The largest absolute Gasteiger partial charge is 0.497 e. The van der Waals surface area contributed by atoms with Gasteiger partial charge in [0.2, 0.25) is 5.54 Å². The molecule has 2 aromatic carbocycles.